The van der Waals surface area contributed by atoms with Gasteiger partial charge in [0.25, 0.3) is 0 Å². The quantitative estimate of drug-likeness (QED) is 0.503. The first-order valence-corrected chi connectivity index (χ1v) is 7.10. The van der Waals surface area contributed by atoms with E-state index in [4.69, 9.17) is 4.74 Å². The first-order chi connectivity index (χ1) is 9.87. The van der Waals surface area contributed by atoms with Crippen LogP contribution < -0.4 is 9.64 Å². The van der Waals surface area contributed by atoms with Gasteiger partial charge in [-0.3, -0.25) is 9.69 Å². The average molecular weight is 292 g/mol. The standard InChI is InChI=1S/C15H20N2O4/c1-9-8-12-13(15(19)17(9,2)20)16(14(12)18)10-4-6-11(21-3)7-5-10/h4-7,9,12-13,15,19H,8H2,1-3H3/t9-,12-,13-,15?,17-/m0/s1. The highest BCUT2D eigenvalue weighted by Crippen LogP contribution is 2.44. The number of likely N-dealkylation sites (tertiary alicyclic amines) is 1. The topological polar surface area (TPSA) is 72.8 Å². The second-order valence-corrected chi connectivity index (χ2v) is 6.06. The first-order valence-electron chi connectivity index (χ1n) is 7.10. The maximum absolute atomic E-state index is 12.5. The maximum atomic E-state index is 12.5. The predicted molar refractivity (Wildman–Crippen MR) is 77.4 cm³/mol. The van der Waals surface area contributed by atoms with Gasteiger partial charge >= 0.3 is 0 Å². The summed E-state index contributed by atoms with van der Waals surface area (Å²) >= 11 is 0. The minimum atomic E-state index is -1.11. The van der Waals surface area contributed by atoms with Gasteiger partial charge in [-0.1, -0.05) is 0 Å². The molecule has 2 heterocycles. The molecule has 0 radical (unpaired) electrons. The molecular weight excluding hydrogens is 272 g/mol. The van der Waals surface area contributed by atoms with Crippen molar-refractivity contribution >= 4 is 11.6 Å². The lowest BCUT2D eigenvalue weighted by atomic mass is 9.76. The molecule has 114 valence electrons. The molecule has 1 aromatic carbocycles. The Morgan fingerprint density at radius 3 is 2.57 bits per heavy atom. The molecule has 6 heteroatoms. The number of likely N-dealkylation sites (N-methyl/N-ethyl adjacent to an activating group) is 1. The number of ether oxygens (including phenoxy) is 1. The number of hydrogen-bond acceptors (Lipinski definition) is 4. The number of hydroxylamine groups is 3. The van der Waals surface area contributed by atoms with Gasteiger partial charge in [-0.2, -0.15) is 0 Å². The zero-order valence-electron chi connectivity index (χ0n) is 12.4. The summed E-state index contributed by atoms with van der Waals surface area (Å²) in [5.74, 6) is 0.429. The van der Waals surface area contributed by atoms with Crippen molar-refractivity contribution in [2.75, 3.05) is 19.1 Å². The van der Waals surface area contributed by atoms with E-state index < -0.39 is 16.9 Å². The van der Waals surface area contributed by atoms with Gasteiger partial charge in [0.15, 0.2) is 0 Å². The van der Waals surface area contributed by atoms with Crippen LogP contribution in [0.5, 0.6) is 5.75 Å². The molecule has 0 bridgehead atoms. The normalized spacial score (nSPS) is 38.7. The van der Waals surface area contributed by atoms with E-state index in [-0.39, 0.29) is 17.9 Å². The largest absolute Gasteiger partial charge is 0.631 e. The second-order valence-electron chi connectivity index (χ2n) is 6.06. The number of β-lactam (4-membered cyclic amide) rings is 1. The Kier molecular flexibility index (Phi) is 3.20. The van der Waals surface area contributed by atoms with Gasteiger partial charge < -0.3 is 19.7 Å². The number of methoxy groups -OCH3 is 1. The van der Waals surface area contributed by atoms with Crippen molar-refractivity contribution in [2.24, 2.45) is 5.92 Å². The molecule has 2 saturated heterocycles. The number of quaternary nitrogens is 1. The zero-order valence-corrected chi connectivity index (χ0v) is 12.4. The Morgan fingerprint density at radius 1 is 1.38 bits per heavy atom. The van der Waals surface area contributed by atoms with Crippen molar-refractivity contribution in [2.45, 2.75) is 31.7 Å². The molecule has 0 spiro atoms. The number of piperidine rings is 1. The number of nitrogens with zero attached hydrogens (tertiary/aromatic N) is 2. The summed E-state index contributed by atoms with van der Waals surface area (Å²) in [5.41, 5.74) is 0.690. The number of fused-ring (bicyclic) bond motifs is 1. The lowest BCUT2D eigenvalue weighted by Gasteiger charge is -2.61. The molecule has 2 aliphatic rings. The van der Waals surface area contributed by atoms with Crippen molar-refractivity contribution in [1.29, 1.82) is 0 Å². The highest BCUT2D eigenvalue weighted by Gasteiger charge is 2.60. The Bertz CT molecular complexity index is 557. The molecule has 0 aromatic heterocycles. The summed E-state index contributed by atoms with van der Waals surface area (Å²) in [4.78, 5) is 13.9. The molecule has 5 atom stereocenters. The molecule has 1 aromatic rings. The van der Waals surface area contributed by atoms with Crippen LogP contribution in [0.15, 0.2) is 24.3 Å². The molecule has 1 N–H and O–H groups in total. The number of carbonyl (C=O) groups is 1. The van der Waals surface area contributed by atoms with Crippen LogP contribution in [0.1, 0.15) is 13.3 Å². The summed E-state index contributed by atoms with van der Waals surface area (Å²) in [5, 5.41) is 22.9. The highest BCUT2D eigenvalue weighted by atomic mass is 16.6. The van der Waals surface area contributed by atoms with Crippen LogP contribution in [0.3, 0.4) is 0 Å². The molecule has 6 nitrogen and oxygen atoms in total. The van der Waals surface area contributed by atoms with Crippen LogP contribution in [0.2, 0.25) is 0 Å². The van der Waals surface area contributed by atoms with Crippen molar-refractivity contribution in [3.05, 3.63) is 29.5 Å². The number of carbonyl (C=O) groups excluding carboxylic acids is 1. The Balaban J connectivity index is 1.89. The van der Waals surface area contributed by atoms with E-state index >= 15 is 0 Å². The Morgan fingerprint density at radius 2 is 2.00 bits per heavy atom. The number of aliphatic hydroxyl groups is 1. The number of rotatable bonds is 2. The summed E-state index contributed by atoms with van der Waals surface area (Å²) in [7, 11) is 3.05. The van der Waals surface area contributed by atoms with E-state index in [1.165, 1.54) is 11.9 Å². The first kappa shape index (κ1) is 14.3. The molecule has 0 saturated carbocycles. The number of hydrogen-bond donors (Lipinski definition) is 1. The van der Waals surface area contributed by atoms with E-state index in [1.807, 2.05) is 0 Å². The van der Waals surface area contributed by atoms with Gasteiger partial charge in [-0.15, -0.1) is 0 Å². The smallest absolute Gasteiger partial charge is 0.233 e. The fourth-order valence-corrected chi connectivity index (χ4v) is 3.33. The van der Waals surface area contributed by atoms with Crippen molar-refractivity contribution in [3.8, 4) is 5.75 Å². The van der Waals surface area contributed by atoms with Crippen LogP contribution in [-0.2, 0) is 4.79 Å². The zero-order chi connectivity index (χ0) is 15.4. The molecular formula is C15H20N2O4. The van der Waals surface area contributed by atoms with Gasteiger partial charge in [0, 0.05) is 12.1 Å². The fraction of sp³-hybridized carbons (Fsp3) is 0.533. The number of aliphatic hydroxyl groups excluding tert-OH is 1. The van der Waals surface area contributed by atoms with Gasteiger partial charge in [0.2, 0.25) is 12.1 Å². The SMILES string of the molecule is COc1ccc(N2C(=O)[C@H]3C[C@H](C)[N@+](C)([O-])C(O)[C@H]32)cc1. The van der Waals surface area contributed by atoms with Crippen LogP contribution in [-0.4, -0.2) is 48.1 Å². The fourth-order valence-electron chi connectivity index (χ4n) is 3.33. The minimum Gasteiger partial charge on any atom is -0.631 e. The van der Waals surface area contributed by atoms with Crippen LogP contribution in [0, 0.1) is 11.1 Å². The van der Waals surface area contributed by atoms with Crippen LogP contribution in [0.4, 0.5) is 5.69 Å². The van der Waals surface area contributed by atoms with E-state index in [9.17, 15) is 15.1 Å². The Labute approximate surface area is 123 Å². The van der Waals surface area contributed by atoms with Crippen molar-refractivity contribution in [3.63, 3.8) is 0 Å². The van der Waals surface area contributed by atoms with E-state index in [2.05, 4.69) is 0 Å². The third-order valence-electron chi connectivity index (χ3n) is 4.92. The van der Waals surface area contributed by atoms with E-state index in [0.29, 0.717) is 17.9 Å². The highest BCUT2D eigenvalue weighted by molar-refractivity contribution is 6.03. The molecule has 1 unspecified atom stereocenters. The lowest BCUT2D eigenvalue weighted by Crippen LogP contribution is -2.77. The summed E-state index contributed by atoms with van der Waals surface area (Å²) in [6.07, 6.45) is -0.591. The van der Waals surface area contributed by atoms with E-state index in [0.717, 1.165) is 0 Å². The Hall–Kier alpha value is -1.63. The number of benzene rings is 1. The summed E-state index contributed by atoms with van der Waals surface area (Å²) in [6.45, 7) is 1.79. The van der Waals surface area contributed by atoms with Gasteiger partial charge in [-0.05, 0) is 31.2 Å². The van der Waals surface area contributed by atoms with Gasteiger partial charge in [-0.25, -0.2) is 0 Å². The third kappa shape index (κ3) is 1.94. The third-order valence-corrected chi connectivity index (χ3v) is 4.92. The van der Waals surface area contributed by atoms with Gasteiger partial charge in [0.1, 0.15) is 11.8 Å². The number of anilines is 1. The lowest BCUT2D eigenvalue weighted by molar-refractivity contribution is -0.939. The van der Waals surface area contributed by atoms with Gasteiger partial charge in [0.05, 0.1) is 26.1 Å². The monoisotopic (exact) mass is 292 g/mol. The molecule has 2 aliphatic heterocycles. The minimum absolute atomic E-state index is 0.0178. The maximum Gasteiger partial charge on any atom is 0.233 e. The average Bonchev–Trinajstić information content (AvgIpc) is 2.48. The molecule has 0 aliphatic carbocycles. The van der Waals surface area contributed by atoms with Crippen LogP contribution in [0.25, 0.3) is 0 Å². The summed E-state index contributed by atoms with van der Waals surface area (Å²) < 4.78 is 4.38. The molecule has 21 heavy (non-hydrogen) atoms. The van der Waals surface area contributed by atoms with Crippen LogP contribution >= 0.6 is 0 Å². The van der Waals surface area contributed by atoms with Crippen molar-refractivity contribution < 1.29 is 19.3 Å². The summed E-state index contributed by atoms with van der Waals surface area (Å²) in [6, 6.07) is 6.35. The predicted octanol–water partition coefficient (Wildman–Crippen LogP) is 1.08. The molecule has 3 rings (SSSR count). The molecule has 1 amide bonds. The molecule has 2 fully saturated rings. The van der Waals surface area contributed by atoms with E-state index in [1.54, 1.807) is 38.3 Å². The number of amides is 1. The van der Waals surface area contributed by atoms with Crippen molar-refractivity contribution in [1.82, 2.24) is 0 Å². The second kappa shape index (κ2) is 4.69.